The topological polar surface area (TPSA) is 64.7 Å². The van der Waals surface area contributed by atoms with Crippen molar-refractivity contribution < 1.29 is 19.1 Å². The Morgan fingerprint density at radius 3 is 2.21 bits per heavy atom. The molecule has 0 spiro atoms. The van der Waals surface area contributed by atoms with Gasteiger partial charge in [0.2, 0.25) is 0 Å². The zero-order valence-electron chi connectivity index (χ0n) is 13.2. The first kappa shape index (κ1) is 16.4. The number of benzene rings is 2. The van der Waals surface area contributed by atoms with Gasteiger partial charge < -0.3 is 19.1 Å². The number of aromatic nitrogens is 1. The first-order valence-electron chi connectivity index (χ1n) is 7.26. The molecular formula is C18H16ClNO4. The lowest BCUT2D eigenvalue weighted by molar-refractivity contribution is 0.281. The fraction of sp³-hybridized carbons (Fsp3) is 0.167. The molecule has 0 atom stereocenters. The standard InChI is InChI=1S/C18H16ClNO4/c1-22-14-4-3-5-15(23-2)16(14)17-13(10-21)18(24-20-17)11-6-8-12(19)9-7-11/h3-9,21H,10H2,1-2H3. The molecule has 0 aliphatic heterocycles. The summed E-state index contributed by atoms with van der Waals surface area (Å²) in [5, 5.41) is 14.7. The summed E-state index contributed by atoms with van der Waals surface area (Å²) in [6.45, 7) is -0.238. The molecule has 0 bridgehead atoms. The van der Waals surface area contributed by atoms with Crippen molar-refractivity contribution in [3.63, 3.8) is 0 Å². The van der Waals surface area contributed by atoms with E-state index in [9.17, 15) is 5.11 Å². The van der Waals surface area contributed by atoms with Crippen molar-refractivity contribution in [3.8, 4) is 34.1 Å². The van der Waals surface area contributed by atoms with Gasteiger partial charge in [0.05, 0.1) is 32.0 Å². The third kappa shape index (κ3) is 2.84. The maximum Gasteiger partial charge on any atom is 0.173 e. The number of hydrogen-bond acceptors (Lipinski definition) is 5. The van der Waals surface area contributed by atoms with Crippen LogP contribution in [-0.4, -0.2) is 24.5 Å². The van der Waals surface area contributed by atoms with Crippen LogP contribution in [0, 0.1) is 0 Å². The summed E-state index contributed by atoms with van der Waals surface area (Å²) in [4.78, 5) is 0. The minimum absolute atomic E-state index is 0.238. The van der Waals surface area contributed by atoms with Crippen molar-refractivity contribution in [2.75, 3.05) is 14.2 Å². The minimum atomic E-state index is -0.238. The maximum atomic E-state index is 9.88. The van der Waals surface area contributed by atoms with E-state index in [1.165, 1.54) is 0 Å². The SMILES string of the molecule is COc1cccc(OC)c1-c1noc(-c2ccc(Cl)cc2)c1CO. The van der Waals surface area contributed by atoms with E-state index < -0.39 is 0 Å². The number of rotatable bonds is 5. The van der Waals surface area contributed by atoms with Gasteiger partial charge in [-0.25, -0.2) is 0 Å². The molecule has 0 saturated carbocycles. The van der Waals surface area contributed by atoms with E-state index in [0.29, 0.717) is 39.1 Å². The smallest absolute Gasteiger partial charge is 0.173 e. The Labute approximate surface area is 144 Å². The Hall–Kier alpha value is -2.50. The lowest BCUT2D eigenvalue weighted by atomic mass is 10.0. The van der Waals surface area contributed by atoms with Gasteiger partial charge in [-0.05, 0) is 36.4 Å². The zero-order valence-corrected chi connectivity index (χ0v) is 14.0. The van der Waals surface area contributed by atoms with Crippen LogP contribution < -0.4 is 9.47 Å². The molecule has 0 aliphatic carbocycles. The van der Waals surface area contributed by atoms with Gasteiger partial charge in [-0.3, -0.25) is 0 Å². The van der Waals surface area contributed by atoms with Gasteiger partial charge >= 0.3 is 0 Å². The van der Waals surface area contributed by atoms with E-state index in [4.69, 9.17) is 25.6 Å². The number of aliphatic hydroxyl groups is 1. The van der Waals surface area contributed by atoms with Crippen LogP contribution in [0.5, 0.6) is 11.5 Å². The second kappa shape index (κ2) is 6.95. The second-order valence-electron chi connectivity index (χ2n) is 5.04. The Balaban J connectivity index is 2.19. The van der Waals surface area contributed by atoms with Gasteiger partial charge in [0, 0.05) is 10.6 Å². The molecule has 3 rings (SSSR count). The molecule has 1 N–H and O–H groups in total. The lowest BCUT2D eigenvalue weighted by Gasteiger charge is -2.11. The van der Waals surface area contributed by atoms with Crippen molar-refractivity contribution in [1.82, 2.24) is 5.16 Å². The Bertz CT molecular complexity index is 820. The van der Waals surface area contributed by atoms with Gasteiger partial charge in [0.15, 0.2) is 5.76 Å². The molecule has 0 amide bonds. The van der Waals surface area contributed by atoms with E-state index >= 15 is 0 Å². The largest absolute Gasteiger partial charge is 0.496 e. The van der Waals surface area contributed by atoms with Crippen LogP contribution >= 0.6 is 11.6 Å². The highest BCUT2D eigenvalue weighted by atomic mass is 35.5. The highest BCUT2D eigenvalue weighted by molar-refractivity contribution is 6.30. The summed E-state index contributed by atoms with van der Waals surface area (Å²) < 4.78 is 16.3. The van der Waals surface area contributed by atoms with Crippen LogP contribution in [0.25, 0.3) is 22.6 Å². The molecular weight excluding hydrogens is 330 g/mol. The van der Waals surface area contributed by atoms with E-state index in [2.05, 4.69) is 5.16 Å². The van der Waals surface area contributed by atoms with Crippen LogP contribution in [0.4, 0.5) is 0 Å². The monoisotopic (exact) mass is 345 g/mol. The molecule has 6 heteroatoms. The van der Waals surface area contributed by atoms with Crippen LogP contribution in [-0.2, 0) is 6.61 Å². The Kier molecular flexibility index (Phi) is 4.74. The number of aliphatic hydroxyl groups excluding tert-OH is 1. The first-order chi connectivity index (χ1) is 11.7. The Morgan fingerprint density at radius 1 is 1.04 bits per heavy atom. The molecule has 124 valence electrons. The molecule has 0 aliphatic rings. The van der Waals surface area contributed by atoms with Gasteiger partial charge in [0.1, 0.15) is 17.2 Å². The van der Waals surface area contributed by atoms with Crippen LogP contribution in [0.1, 0.15) is 5.56 Å². The van der Waals surface area contributed by atoms with E-state index in [1.807, 2.05) is 18.2 Å². The number of nitrogens with zero attached hydrogens (tertiary/aromatic N) is 1. The normalized spacial score (nSPS) is 10.7. The molecule has 5 nitrogen and oxygen atoms in total. The van der Waals surface area contributed by atoms with Gasteiger partial charge in [-0.2, -0.15) is 0 Å². The van der Waals surface area contributed by atoms with Crippen LogP contribution in [0.2, 0.25) is 5.02 Å². The average Bonchev–Trinajstić information content (AvgIpc) is 3.05. The maximum absolute atomic E-state index is 9.88. The summed E-state index contributed by atoms with van der Waals surface area (Å²) >= 11 is 5.92. The predicted octanol–water partition coefficient (Wildman–Crippen LogP) is 4.17. The minimum Gasteiger partial charge on any atom is -0.496 e. The average molecular weight is 346 g/mol. The second-order valence-corrected chi connectivity index (χ2v) is 5.48. The van der Waals surface area contributed by atoms with Crippen molar-refractivity contribution in [1.29, 1.82) is 0 Å². The Morgan fingerprint density at radius 2 is 1.67 bits per heavy atom. The fourth-order valence-electron chi connectivity index (χ4n) is 2.57. The molecule has 3 aromatic rings. The van der Waals surface area contributed by atoms with Gasteiger partial charge in [-0.15, -0.1) is 0 Å². The summed E-state index contributed by atoms with van der Waals surface area (Å²) in [5.74, 6) is 1.65. The molecule has 0 saturated heterocycles. The number of hydrogen-bond donors (Lipinski definition) is 1. The molecule has 0 radical (unpaired) electrons. The molecule has 1 heterocycles. The highest BCUT2D eigenvalue weighted by Crippen LogP contribution is 2.42. The van der Waals surface area contributed by atoms with Gasteiger partial charge in [-0.1, -0.05) is 22.8 Å². The predicted molar refractivity (Wildman–Crippen MR) is 91.4 cm³/mol. The number of ether oxygens (including phenoxy) is 2. The molecule has 1 aromatic heterocycles. The third-order valence-electron chi connectivity index (χ3n) is 3.72. The third-order valence-corrected chi connectivity index (χ3v) is 3.97. The van der Waals surface area contributed by atoms with Gasteiger partial charge in [0.25, 0.3) is 0 Å². The first-order valence-corrected chi connectivity index (χ1v) is 7.64. The zero-order chi connectivity index (χ0) is 17.1. The number of methoxy groups -OCH3 is 2. The van der Waals surface area contributed by atoms with E-state index in [-0.39, 0.29) is 6.61 Å². The fourth-order valence-corrected chi connectivity index (χ4v) is 2.69. The van der Waals surface area contributed by atoms with Crippen molar-refractivity contribution in [3.05, 3.63) is 53.1 Å². The van der Waals surface area contributed by atoms with Crippen LogP contribution in [0.3, 0.4) is 0 Å². The van der Waals surface area contributed by atoms with Crippen LogP contribution in [0.15, 0.2) is 47.0 Å². The quantitative estimate of drug-likeness (QED) is 0.751. The summed E-state index contributed by atoms with van der Waals surface area (Å²) in [6.07, 6.45) is 0. The summed E-state index contributed by atoms with van der Waals surface area (Å²) in [7, 11) is 3.13. The summed E-state index contributed by atoms with van der Waals surface area (Å²) in [5.41, 5.74) is 2.45. The molecule has 0 unspecified atom stereocenters. The lowest BCUT2D eigenvalue weighted by Crippen LogP contribution is -1.96. The van der Waals surface area contributed by atoms with Crippen molar-refractivity contribution in [2.24, 2.45) is 0 Å². The number of halogens is 1. The molecule has 2 aromatic carbocycles. The molecule has 0 fully saturated rings. The summed E-state index contributed by atoms with van der Waals surface area (Å²) in [6, 6.07) is 12.6. The van der Waals surface area contributed by atoms with E-state index in [0.717, 1.165) is 5.56 Å². The highest BCUT2D eigenvalue weighted by Gasteiger charge is 2.23. The van der Waals surface area contributed by atoms with Crippen molar-refractivity contribution in [2.45, 2.75) is 6.61 Å². The van der Waals surface area contributed by atoms with Crippen molar-refractivity contribution >= 4 is 11.6 Å². The van der Waals surface area contributed by atoms with E-state index in [1.54, 1.807) is 38.5 Å². The molecule has 24 heavy (non-hydrogen) atoms.